The zero-order valence-corrected chi connectivity index (χ0v) is 20.5. The molecule has 0 aliphatic carbocycles. The highest BCUT2D eigenvalue weighted by molar-refractivity contribution is 14.0. The lowest BCUT2D eigenvalue weighted by atomic mass is 10.1. The second-order valence-corrected chi connectivity index (χ2v) is 7.61. The molecule has 7 heteroatoms. The predicted molar refractivity (Wildman–Crippen MR) is 139 cm³/mol. The summed E-state index contributed by atoms with van der Waals surface area (Å²) in [6, 6.07) is 21.6. The van der Waals surface area contributed by atoms with Crippen LogP contribution in [0.15, 0.2) is 82.7 Å². The van der Waals surface area contributed by atoms with Crippen LogP contribution in [0.25, 0.3) is 0 Å². The van der Waals surface area contributed by atoms with Gasteiger partial charge in [0.2, 0.25) is 0 Å². The highest BCUT2D eigenvalue weighted by atomic mass is 127. The highest BCUT2D eigenvalue weighted by Gasteiger charge is 2.22. The van der Waals surface area contributed by atoms with E-state index in [2.05, 4.69) is 35.8 Å². The minimum absolute atomic E-state index is 0. The van der Waals surface area contributed by atoms with Gasteiger partial charge >= 0.3 is 0 Å². The summed E-state index contributed by atoms with van der Waals surface area (Å²) < 4.78 is 7.70. The fraction of sp³-hybridized carbons (Fsp3) is 0.280. The quantitative estimate of drug-likeness (QED) is 0.271. The van der Waals surface area contributed by atoms with Gasteiger partial charge in [0.25, 0.3) is 5.56 Å². The maximum absolute atomic E-state index is 11.9. The third-order valence-electron chi connectivity index (χ3n) is 5.25. The van der Waals surface area contributed by atoms with Gasteiger partial charge in [-0.05, 0) is 35.7 Å². The van der Waals surface area contributed by atoms with E-state index in [1.54, 1.807) is 16.7 Å². The number of hydrogen-bond acceptors (Lipinski definition) is 3. The lowest BCUT2D eigenvalue weighted by Crippen LogP contribution is -2.42. The monoisotopic (exact) mass is 544 g/mol. The number of nitrogens with zero attached hydrogens (tertiary/aromatic N) is 2. The van der Waals surface area contributed by atoms with E-state index in [1.165, 1.54) is 5.56 Å². The molecule has 0 amide bonds. The van der Waals surface area contributed by atoms with E-state index in [4.69, 9.17) is 9.73 Å². The second-order valence-electron chi connectivity index (χ2n) is 7.61. The van der Waals surface area contributed by atoms with Crippen LogP contribution in [-0.2, 0) is 19.5 Å². The highest BCUT2D eigenvalue weighted by Crippen LogP contribution is 2.27. The van der Waals surface area contributed by atoms with Gasteiger partial charge in [0, 0.05) is 25.2 Å². The maximum Gasteiger partial charge on any atom is 0.250 e. The summed E-state index contributed by atoms with van der Waals surface area (Å²) in [7, 11) is 0. The zero-order valence-electron chi connectivity index (χ0n) is 18.2. The van der Waals surface area contributed by atoms with Crippen LogP contribution in [0.4, 0.5) is 0 Å². The van der Waals surface area contributed by atoms with Crippen molar-refractivity contribution in [3.63, 3.8) is 0 Å². The summed E-state index contributed by atoms with van der Waals surface area (Å²) >= 11 is 0. The molecular formula is C25H29IN4O2. The van der Waals surface area contributed by atoms with Crippen LogP contribution in [0, 0.1) is 0 Å². The number of fused-ring (bicyclic) bond motifs is 1. The summed E-state index contributed by atoms with van der Waals surface area (Å²) in [4.78, 5) is 16.6. The maximum atomic E-state index is 11.9. The molecule has 1 aromatic heterocycles. The molecule has 1 unspecified atom stereocenters. The lowest BCUT2D eigenvalue weighted by Gasteiger charge is -2.15. The Bertz CT molecular complexity index is 1070. The molecule has 168 valence electrons. The molecule has 1 aliphatic heterocycles. The fourth-order valence-electron chi connectivity index (χ4n) is 3.63. The van der Waals surface area contributed by atoms with Crippen molar-refractivity contribution in [2.45, 2.75) is 32.5 Å². The number of halogens is 1. The topological polar surface area (TPSA) is 67.7 Å². The summed E-state index contributed by atoms with van der Waals surface area (Å²) in [5.41, 5.74) is 3.47. The van der Waals surface area contributed by atoms with E-state index in [0.717, 1.165) is 35.8 Å². The van der Waals surface area contributed by atoms with Crippen molar-refractivity contribution in [3.05, 3.63) is 100.0 Å². The number of rotatable bonds is 7. The molecule has 2 N–H and O–H groups in total. The Labute approximate surface area is 205 Å². The number of aliphatic imine (C=N–C) groups is 1. The summed E-state index contributed by atoms with van der Waals surface area (Å²) in [5, 5.41) is 6.69. The molecule has 0 saturated heterocycles. The summed E-state index contributed by atoms with van der Waals surface area (Å²) in [6.07, 6.45) is 2.83. The molecule has 32 heavy (non-hydrogen) atoms. The third-order valence-corrected chi connectivity index (χ3v) is 5.25. The largest absolute Gasteiger partial charge is 0.488 e. The number of ether oxygens (including phenoxy) is 1. The van der Waals surface area contributed by atoms with E-state index < -0.39 is 0 Å². The summed E-state index contributed by atoms with van der Waals surface area (Å²) in [6.45, 7) is 4.69. The average molecular weight is 544 g/mol. The van der Waals surface area contributed by atoms with Gasteiger partial charge in [0.05, 0.1) is 19.6 Å². The van der Waals surface area contributed by atoms with Gasteiger partial charge in [-0.2, -0.15) is 0 Å². The van der Waals surface area contributed by atoms with Gasteiger partial charge in [-0.25, -0.2) is 4.99 Å². The van der Waals surface area contributed by atoms with Gasteiger partial charge in [0.1, 0.15) is 11.9 Å². The molecule has 0 saturated carbocycles. The smallest absolute Gasteiger partial charge is 0.250 e. The minimum atomic E-state index is 0. The van der Waals surface area contributed by atoms with Crippen LogP contribution in [0.3, 0.4) is 0 Å². The first kappa shape index (κ1) is 23.8. The first-order valence-electron chi connectivity index (χ1n) is 10.7. The van der Waals surface area contributed by atoms with Crippen LogP contribution in [0.2, 0.25) is 0 Å². The van der Waals surface area contributed by atoms with Crippen LogP contribution >= 0.6 is 24.0 Å². The number of aromatic nitrogens is 1. The Hall–Kier alpha value is -2.81. The van der Waals surface area contributed by atoms with E-state index in [-0.39, 0.29) is 35.6 Å². The Kier molecular flexibility index (Phi) is 8.72. The average Bonchev–Trinajstić information content (AvgIpc) is 3.21. The predicted octanol–water partition coefficient (Wildman–Crippen LogP) is 3.57. The second kappa shape index (κ2) is 11.7. The number of guanidine groups is 1. The van der Waals surface area contributed by atoms with Crippen molar-refractivity contribution in [1.82, 2.24) is 15.2 Å². The Morgan fingerprint density at radius 1 is 1.03 bits per heavy atom. The van der Waals surface area contributed by atoms with Crippen molar-refractivity contribution in [3.8, 4) is 5.75 Å². The van der Waals surface area contributed by atoms with E-state index in [1.807, 2.05) is 42.6 Å². The standard InChI is InChI=1S/C25H28N4O2.HI/c1-2-26-25(28-17-22-15-21-7-3-4-8-23(21)31-22)27-16-19-10-12-20(13-11-19)18-29-14-6-5-9-24(29)30;/h3-14,22H,2,15-18H2,1H3,(H2,26,27,28);1H. The normalized spacial score (nSPS) is 14.8. The third kappa shape index (κ3) is 6.35. The molecule has 0 spiro atoms. The summed E-state index contributed by atoms with van der Waals surface area (Å²) in [5.74, 6) is 1.76. The van der Waals surface area contributed by atoms with Crippen molar-refractivity contribution in [1.29, 1.82) is 0 Å². The molecule has 0 radical (unpaired) electrons. The first-order chi connectivity index (χ1) is 15.2. The van der Waals surface area contributed by atoms with Crippen molar-refractivity contribution >= 4 is 29.9 Å². The first-order valence-corrected chi connectivity index (χ1v) is 10.7. The molecule has 4 rings (SSSR count). The fourth-order valence-corrected chi connectivity index (χ4v) is 3.63. The molecule has 6 nitrogen and oxygen atoms in total. The minimum Gasteiger partial charge on any atom is -0.488 e. The van der Waals surface area contributed by atoms with Crippen molar-refractivity contribution in [2.75, 3.05) is 13.1 Å². The van der Waals surface area contributed by atoms with E-state index >= 15 is 0 Å². The molecule has 1 aliphatic rings. The van der Waals surface area contributed by atoms with Gasteiger partial charge in [-0.1, -0.05) is 48.5 Å². The van der Waals surface area contributed by atoms with Gasteiger partial charge in [-0.3, -0.25) is 4.79 Å². The molecule has 0 bridgehead atoms. The van der Waals surface area contributed by atoms with Crippen LogP contribution in [-0.4, -0.2) is 29.7 Å². The Morgan fingerprint density at radius 2 is 1.78 bits per heavy atom. The molecule has 2 heterocycles. The van der Waals surface area contributed by atoms with Gasteiger partial charge in [-0.15, -0.1) is 24.0 Å². The molecule has 0 fully saturated rings. The number of nitrogens with one attached hydrogen (secondary N) is 2. The number of benzene rings is 2. The van der Waals surface area contributed by atoms with E-state index in [0.29, 0.717) is 19.6 Å². The SMILES string of the molecule is CCNC(=NCc1ccc(Cn2ccccc2=O)cc1)NCC1Cc2ccccc2O1.I. The molecule has 1 atom stereocenters. The van der Waals surface area contributed by atoms with Gasteiger partial charge in [0.15, 0.2) is 5.96 Å². The number of para-hydroxylation sites is 1. The van der Waals surface area contributed by atoms with Crippen molar-refractivity contribution in [2.24, 2.45) is 4.99 Å². The van der Waals surface area contributed by atoms with Gasteiger partial charge < -0.3 is 19.9 Å². The van der Waals surface area contributed by atoms with Crippen molar-refractivity contribution < 1.29 is 4.74 Å². The van der Waals surface area contributed by atoms with Crippen LogP contribution in [0.5, 0.6) is 5.75 Å². The number of hydrogen-bond donors (Lipinski definition) is 2. The van der Waals surface area contributed by atoms with Crippen LogP contribution < -0.4 is 20.9 Å². The molecular weight excluding hydrogens is 515 g/mol. The molecule has 2 aromatic carbocycles. The van der Waals surface area contributed by atoms with E-state index in [9.17, 15) is 4.79 Å². The molecule has 3 aromatic rings. The Balaban J connectivity index is 0.00000289. The Morgan fingerprint density at radius 3 is 2.53 bits per heavy atom. The lowest BCUT2D eigenvalue weighted by molar-refractivity contribution is 0.235. The van der Waals surface area contributed by atoms with Crippen LogP contribution in [0.1, 0.15) is 23.6 Å². The zero-order chi connectivity index (χ0) is 21.5. The number of pyridine rings is 1.